The molecule has 0 aliphatic heterocycles. The standard InChI is InChI=1S/C17H17N3O2S/c1-11-7-9-13(10-8-11)15(21)19-20-17(23)18-16(22)14-6-4-3-5-12(14)2/h3-10H,1-2H3,(H,19,21)(H2,18,20,22,23). The van der Waals surface area contributed by atoms with Crippen molar-refractivity contribution in [2.24, 2.45) is 0 Å². The third-order valence-electron chi connectivity index (χ3n) is 3.22. The van der Waals surface area contributed by atoms with Gasteiger partial charge in [-0.15, -0.1) is 0 Å². The highest BCUT2D eigenvalue weighted by Crippen LogP contribution is 2.06. The van der Waals surface area contributed by atoms with Gasteiger partial charge in [0.2, 0.25) is 0 Å². The Bertz CT molecular complexity index is 742. The molecule has 118 valence electrons. The minimum Gasteiger partial charge on any atom is -0.298 e. The quantitative estimate of drug-likeness (QED) is 0.584. The summed E-state index contributed by atoms with van der Waals surface area (Å²) in [6.07, 6.45) is 0. The zero-order chi connectivity index (χ0) is 16.8. The third kappa shape index (κ3) is 4.62. The largest absolute Gasteiger partial charge is 0.298 e. The minimum atomic E-state index is -0.336. The van der Waals surface area contributed by atoms with E-state index >= 15 is 0 Å². The van der Waals surface area contributed by atoms with Gasteiger partial charge in [0.1, 0.15) is 0 Å². The first-order chi connectivity index (χ1) is 11.0. The van der Waals surface area contributed by atoms with Gasteiger partial charge in [0.15, 0.2) is 5.11 Å². The number of carbonyl (C=O) groups is 2. The SMILES string of the molecule is Cc1ccc(C(=O)NNC(=S)NC(=O)c2ccccc2C)cc1. The lowest BCUT2D eigenvalue weighted by molar-refractivity contribution is 0.0934. The molecule has 0 aromatic heterocycles. The van der Waals surface area contributed by atoms with Crippen molar-refractivity contribution in [1.82, 2.24) is 16.2 Å². The third-order valence-corrected chi connectivity index (χ3v) is 3.42. The van der Waals surface area contributed by atoms with Crippen LogP contribution in [-0.2, 0) is 0 Å². The Hall–Kier alpha value is -2.73. The number of thiocarbonyl (C=S) groups is 1. The molecule has 0 aliphatic rings. The highest BCUT2D eigenvalue weighted by molar-refractivity contribution is 7.80. The summed E-state index contributed by atoms with van der Waals surface area (Å²) in [6.45, 7) is 3.78. The van der Waals surface area contributed by atoms with Crippen LogP contribution in [0.25, 0.3) is 0 Å². The number of nitrogens with one attached hydrogen (secondary N) is 3. The Morgan fingerprint density at radius 2 is 1.52 bits per heavy atom. The van der Waals surface area contributed by atoms with E-state index in [1.165, 1.54) is 0 Å². The van der Waals surface area contributed by atoms with Crippen LogP contribution in [0.1, 0.15) is 31.8 Å². The molecule has 0 saturated heterocycles. The molecule has 0 radical (unpaired) electrons. The van der Waals surface area contributed by atoms with Crippen LogP contribution in [0.2, 0.25) is 0 Å². The number of carbonyl (C=O) groups excluding carboxylic acids is 2. The number of hydrazine groups is 1. The second kappa shape index (κ2) is 7.51. The zero-order valence-corrected chi connectivity index (χ0v) is 13.7. The second-order valence-electron chi connectivity index (χ2n) is 5.04. The van der Waals surface area contributed by atoms with Gasteiger partial charge in [0.05, 0.1) is 0 Å². The topological polar surface area (TPSA) is 70.2 Å². The molecule has 2 aromatic rings. The molecular weight excluding hydrogens is 310 g/mol. The van der Waals surface area contributed by atoms with Gasteiger partial charge in [0, 0.05) is 11.1 Å². The molecule has 0 saturated carbocycles. The fraction of sp³-hybridized carbons (Fsp3) is 0.118. The lowest BCUT2D eigenvalue weighted by Crippen LogP contribution is -2.48. The van der Waals surface area contributed by atoms with E-state index in [9.17, 15) is 9.59 Å². The molecule has 5 nitrogen and oxygen atoms in total. The van der Waals surface area contributed by atoms with E-state index in [0.29, 0.717) is 11.1 Å². The summed E-state index contributed by atoms with van der Waals surface area (Å²) < 4.78 is 0. The van der Waals surface area contributed by atoms with Gasteiger partial charge in [-0.1, -0.05) is 35.9 Å². The molecule has 0 spiro atoms. The summed E-state index contributed by atoms with van der Waals surface area (Å²) in [5.74, 6) is -0.664. The predicted molar refractivity (Wildman–Crippen MR) is 93.0 cm³/mol. The highest BCUT2D eigenvalue weighted by atomic mass is 32.1. The summed E-state index contributed by atoms with van der Waals surface area (Å²) in [7, 11) is 0. The van der Waals surface area contributed by atoms with Crippen molar-refractivity contribution in [2.75, 3.05) is 0 Å². The fourth-order valence-electron chi connectivity index (χ4n) is 1.92. The van der Waals surface area contributed by atoms with E-state index in [-0.39, 0.29) is 16.9 Å². The molecule has 2 rings (SSSR count). The molecule has 0 heterocycles. The molecule has 0 unspecified atom stereocenters. The first-order valence-electron chi connectivity index (χ1n) is 7.01. The summed E-state index contributed by atoms with van der Waals surface area (Å²) in [5.41, 5.74) is 7.90. The Morgan fingerprint density at radius 1 is 0.870 bits per heavy atom. The summed E-state index contributed by atoms with van der Waals surface area (Å²) in [6, 6.07) is 14.3. The van der Waals surface area contributed by atoms with E-state index in [1.54, 1.807) is 24.3 Å². The smallest absolute Gasteiger partial charge is 0.269 e. The summed E-state index contributed by atoms with van der Waals surface area (Å²) in [4.78, 5) is 24.0. The van der Waals surface area contributed by atoms with Crippen LogP contribution in [0.3, 0.4) is 0 Å². The maximum atomic E-state index is 12.1. The van der Waals surface area contributed by atoms with Crippen molar-refractivity contribution >= 4 is 29.1 Å². The van der Waals surface area contributed by atoms with Gasteiger partial charge in [-0.3, -0.25) is 25.8 Å². The normalized spacial score (nSPS) is 9.83. The molecule has 0 aliphatic carbocycles. The van der Waals surface area contributed by atoms with Crippen LogP contribution in [-0.4, -0.2) is 16.9 Å². The van der Waals surface area contributed by atoms with Crippen LogP contribution < -0.4 is 16.2 Å². The second-order valence-corrected chi connectivity index (χ2v) is 5.45. The van der Waals surface area contributed by atoms with E-state index in [1.807, 2.05) is 38.1 Å². The minimum absolute atomic E-state index is 0.0266. The molecule has 2 aromatic carbocycles. The average Bonchev–Trinajstić information content (AvgIpc) is 2.53. The Morgan fingerprint density at radius 3 is 2.17 bits per heavy atom. The van der Waals surface area contributed by atoms with Crippen LogP contribution in [0.4, 0.5) is 0 Å². The number of hydrogen-bond acceptors (Lipinski definition) is 3. The van der Waals surface area contributed by atoms with E-state index in [0.717, 1.165) is 11.1 Å². The Kier molecular flexibility index (Phi) is 5.43. The zero-order valence-electron chi connectivity index (χ0n) is 12.8. The highest BCUT2D eigenvalue weighted by Gasteiger charge is 2.11. The number of hydrogen-bond donors (Lipinski definition) is 3. The molecule has 6 heteroatoms. The molecule has 2 amide bonds. The fourth-order valence-corrected chi connectivity index (χ4v) is 2.06. The molecule has 0 bridgehead atoms. The van der Waals surface area contributed by atoms with Gasteiger partial charge in [-0.05, 0) is 49.8 Å². The van der Waals surface area contributed by atoms with Crippen LogP contribution in [0.15, 0.2) is 48.5 Å². The molecule has 0 fully saturated rings. The average molecular weight is 327 g/mol. The first kappa shape index (κ1) is 16.6. The van der Waals surface area contributed by atoms with E-state index in [4.69, 9.17) is 12.2 Å². The van der Waals surface area contributed by atoms with Gasteiger partial charge in [0.25, 0.3) is 11.8 Å². The van der Waals surface area contributed by atoms with E-state index in [2.05, 4.69) is 16.2 Å². The molecule has 0 atom stereocenters. The lowest BCUT2D eigenvalue weighted by atomic mass is 10.1. The van der Waals surface area contributed by atoms with Crippen molar-refractivity contribution in [1.29, 1.82) is 0 Å². The molecule has 23 heavy (non-hydrogen) atoms. The number of rotatable bonds is 2. The van der Waals surface area contributed by atoms with Gasteiger partial charge in [-0.2, -0.15) is 0 Å². The number of aryl methyl sites for hydroxylation is 2. The summed E-state index contributed by atoms with van der Waals surface area (Å²) in [5, 5.41) is 2.55. The first-order valence-corrected chi connectivity index (χ1v) is 7.42. The van der Waals surface area contributed by atoms with Crippen molar-refractivity contribution in [2.45, 2.75) is 13.8 Å². The maximum Gasteiger partial charge on any atom is 0.269 e. The monoisotopic (exact) mass is 327 g/mol. The van der Waals surface area contributed by atoms with Gasteiger partial charge >= 0.3 is 0 Å². The predicted octanol–water partition coefficient (Wildman–Crippen LogP) is 2.25. The Labute approximate surface area is 140 Å². The lowest BCUT2D eigenvalue weighted by Gasteiger charge is -2.11. The molecular formula is C17H17N3O2S. The summed E-state index contributed by atoms with van der Waals surface area (Å²) >= 11 is 5.00. The van der Waals surface area contributed by atoms with Crippen molar-refractivity contribution < 1.29 is 9.59 Å². The van der Waals surface area contributed by atoms with Gasteiger partial charge < -0.3 is 0 Å². The van der Waals surface area contributed by atoms with Crippen LogP contribution >= 0.6 is 12.2 Å². The van der Waals surface area contributed by atoms with E-state index < -0.39 is 0 Å². The van der Waals surface area contributed by atoms with Crippen molar-refractivity contribution in [3.8, 4) is 0 Å². The van der Waals surface area contributed by atoms with Crippen LogP contribution in [0.5, 0.6) is 0 Å². The number of amides is 2. The number of benzene rings is 2. The molecule has 3 N–H and O–H groups in total. The van der Waals surface area contributed by atoms with Crippen molar-refractivity contribution in [3.63, 3.8) is 0 Å². The van der Waals surface area contributed by atoms with Crippen LogP contribution in [0, 0.1) is 13.8 Å². The maximum absolute atomic E-state index is 12.1. The van der Waals surface area contributed by atoms with Crippen molar-refractivity contribution in [3.05, 3.63) is 70.8 Å². The van der Waals surface area contributed by atoms with Gasteiger partial charge in [-0.25, -0.2) is 0 Å². The Balaban J connectivity index is 1.88.